The highest BCUT2D eigenvalue weighted by Crippen LogP contribution is 2.30. The zero-order valence-corrected chi connectivity index (χ0v) is 31.6. The van der Waals surface area contributed by atoms with Crippen molar-refractivity contribution in [3.63, 3.8) is 0 Å². The van der Waals surface area contributed by atoms with E-state index in [0.717, 1.165) is 12.1 Å². The first-order valence-electron chi connectivity index (χ1n) is 17.4. The third kappa shape index (κ3) is 15.7. The first-order valence-corrected chi connectivity index (χ1v) is 18.8. The van der Waals surface area contributed by atoms with E-state index >= 15 is 0 Å². The van der Waals surface area contributed by atoms with Crippen LogP contribution in [0.1, 0.15) is 6.42 Å². The lowest BCUT2D eigenvalue weighted by Gasteiger charge is -2.09. The Morgan fingerprint density at radius 1 is 0.741 bits per heavy atom. The maximum Gasteiger partial charge on any atom is 0.299 e. The van der Waals surface area contributed by atoms with Crippen molar-refractivity contribution in [2.24, 2.45) is 15.3 Å². The standard InChI is InChI=1S/C34H40N8O15S/c35-40-36-14-1-15-49-17-20-52-54-22-24-56-57-25-23-55-53-21-18-50-16-19-51-30-10-8-28(9-11-30)41-34(43)33(32(39-41)26-2-6-29(7-3-26)42(44)45)38-37-27-4-12-31(13-5-27)58(46,47)48/h2-13,39H,1,14-25H2,(H,46,47,48). The molecule has 1 aromatic heterocycles. The molecule has 0 atom stereocenters. The molecule has 0 fully saturated rings. The molecule has 0 spiro atoms. The van der Waals surface area contributed by atoms with Gasteiger partial charge in [-0.1, -0.05) is 5.11 Å². The fourth-order valence-electron chi connectivity index (χ4n) is 4.52. The van der Waals surface area contributed by atoms with Gasteiger partial charge in [0.15, 0.2) is 5.69 Å². The zero-order valence-electron chi connectivity index (χ0n) is 30.8. The number of hydrogen-bond donors (Lipinski definition) is 2. The van der Waals surface area contributed by atoms with Gasteiger partial charge in [0.05, 0.1) is 46.7 Å². The number of aromatic amines is 1. The number of H-pyrrole nitrogens is 1. The summed E-state index contributed by atoms with van der Waals surface area (Å²) in [6.07, 6.45) is 0.631. The Labute approximate surface area is 330 Å². The van der Waals surface area contributed by atoms with Crippen LogP contribution >= 0.6 is 0 Å². The quantitative estimate of drug-likeness (QED) is 0.0102. The normalized spacial score (nSPS) is 11.5. The van der Waals surface area contributed by atoms with E-state index in [0.29, 0.717) is 43.2 Å². The van der Waals surface area contributed by atoms with Gasteiger partial charge in [0.1, 0.15) is 52.0 Å². The van der Waals surface area contributed by atoms with Crippen molar-refractivity contribution in [1.82, 2.24) is 9.78 Å². The summed E-state index contributed by atoms with van der Waals surface area (Å²) in [5.41, 5.74) is 8.54. The van der Waals surface area contributed by atoms with E-state index < -0.39 is 20.6 Å². The van der Waals surface area contributed by atoms with Crippen LogP contribution in [-0.4, -0.2) is 107 Å². The summed E-state index contributed by atoms with van der Waals surface area (Å²) in [6, 6.07) is 16.9. The molecule has 0 aliphatic heterocycles. The smallest absolute Gasteiger partial charge is 0.299 e. The topological polar surface area (TPSA) is 292 Å². The monoisotopic (exact) mass is 832 g/mol. The Morgan fingerprint density at radius 2 is 1.29 bits per heavy atom. The Morgan fingerprint density at radius 3 is 1.84 bits per heavy atom. The lowest BCUT2D eigenvalue weighted by atomic mass is 10.1. The van der Waals surface area contributed by atoms with E-state index in [9.17, 15) is 27.9 Å². The van der Waals surface area contributed by atoms with E-state index in [4.69, 9.17) is 49.1 Å². The Balaban J connectivity index is 1.14. The van der Waals surface area contributed by atoms with Gasteiger partial charge in [-0.3, -0.25) is 24.6 Å². The molecule has 4 aromatic rings. The second kappa shape index (κ2) is 24.9. The van der Waals surface area contributed by atoms with Crippen molar-refractivity contribution in [2.75, 3.05) is 79.2 Å². The maximum absolute atomic E-state index is 13.6. The second-order valence-corrected chi connectivity index (χ2v) is 12.7. The van der Waals surface area contributed by atoms with Gasteiger partial charge in [-0.25, -0.2) is 34.0 Å². The Hall–Kier alpha value is -5.63. The molecule has 0 bridgehead atoms. The van der Waals surface area contributed by atoms with Gasteiger partial charge in [-0.05, 0) is 72.6 Å². The fourth-order valence-corrected chi connectivity index (χ4v) is 5.00. The van der Waals surface area contributed by atoms with Crippen molar-refractivity contribution in [1.29, 1.82) is 0 Å². The fraction of sp³-hybridized carbons (Fsp3) is 0.382. The largest absolute Gasteiger partial charge is 0.491 e. The number of nitro groups is 1. The molecular formula is C34H40N8O15S. The minimum atomic E-state index is -4.42. The number of nitro benzene ring substituents is 1. The van der Waals surface area contributed by atoms with Gasteiger partial charge in [-0.2, -0.15) is 13.5 Å². The van der Waals surface area contributed by atoms with Crippen LogP contribution in [0, 0.1) is 10.1 Å². The van der Waals surface area contributed by atoms with Crippen LogP contribution in [0.3, 0.4) is 0 Å². The summed E-state index contributed by atoms with van der Waals surface area (Å²) in [4.78, 5) is 56.2. The van der Waals surface area contributed by atoms with Gasteiger partial charge < -0.3 is 14.2 Å². The van der Waals surface area contributed by atoms with Gasteiger partial charge >= 0.3 is 0 Å². The molecular weight excluding hydrogens is 792 g/mol. The average Bonchev–Trinajstić information content (AvgIpc) is 3.55. The maximum atomic E-state index is 13.6. The van der Waals surface area contributed by atoms with Crippen molar-refractivity contribution in [3.05, 3.63) is 104 Å². The lowest BCUT2D eigenvalue weighted by molar-refractivity contribution is -0.384. The molecule has 2 N–H and O–H groups in total. The predicted octanol–water partition coefficient (Wildman–Crippen LogP) is 5.36. The summed E-state index contributed by atoms with van der Waals surface area (Å²) >= 11 is 0. The molecule has 58 heavy (non-hydrogen) atoms. The van der Waals surface area contributed by atoms with Gasteiger partial charge in [0.25, 0.3) is 21.4 Å². The minimum Gasteiger partial charge on any atom is -0.491 e. The summed E-state index contributed by atoms with van der Waals surface area (Å²) in [6.45, 7) is 2.79. The van der Waals surface area contributed by atoms with Crippen LogP contribution in [-0.2, 0) is 48.9 Å². The highest BCUT2D eigenvalue weighted by atomic mass is 32.2. The molecule has 0 unspecified atom stereocenters. The molecule has 0 radical (unpaired) electrons. The number of ether oxygens (including phenoxy) is 3. The number of aromatic nitrogens is 2. The van der Waals surface area contributed by atoms with Crippen molar-refractivity contribution >= 4 is 27.2 Å². The highest BCUT2D eigenvalue weighted by Gasteiger charge is 2.18. The van der Waals surface area contributed by atoms with E-state index in [1.165, 1.54) is 41.1 Å². The van der Waals surface area contributed by atoms with Crippen LogP contribution in [0.5, 0.6) is 5.75 Å². The molecule has 1 heterocycles. The van der Waals surface area contributed by atoms with Gasteiger partial charge in [-0.15, -0.1) is 5.11 Å². The zero-order chi connectivity index (χ0) is 41.4. The summed E-state index contributed by atoms with van der Waals surface area (Å²) in [5, 5.41) is 25.7. The van der Waals surface area contributed by atoms with E-state index in [2.05, 4.69) is 25.4 Å². The van der Waals surface area contributed by atoms with Crippen molar-refractivity contribution in [3.8, 4) is 22.7 Å². The Bertz CT molecular complexity index is 2090. The van der Waals surface area contributed by atoms with Crippen LogP contribution in [0.15, 0.2) is 97.8 Å². The average molecular weight is 833 g/mol. The predicted molar refractivity (Wildman–Crippen MR) is 200 cm³/mol. The molecule has 4 rings (SSSR count). The third-order valence-electron chi connectivity index (χ3n) is 7.21. The molecule has 0 aliphatic rings. The van der Waals surface area contributed by atoms with Crippen molar-refractivity contribution < 1.29 is 61.4 Å². The van der Waals surface area contributed by atoms with Crippen molar-refractivity contribution in [2.45, 2.75) is 11.3 Å². The molecule has 0 aliphatic carbocycles. The van der Waals surface area contributed by atoms with Gasteiger partial charge in [0.2, 0.25) is 0 Å². The summed E-state index contributed by atoms with van der Waals surface area (Å²) < 4.78 is 49.6. The lowest BCUT2D eigenvalue weighted by Crippen LogP contribution is -2.14. The number of azide groups is 1. The molecule has 24 heteroatoms. The molecule has 0 saturated carbocycles. The van der Waals surface area contributed by atoms with Crippen LogP contribution in [0.2, 0.25) is 0 Å². The number of azo groups is 1. The molecule has 0 amide bonds. The van der Waals surface area contributed by atoms with Crippen LogP contribution < -0.4 is 10.3 Å². The molecule has 23 nitrogen and oxygen atoms in total. The van der Waals surface area contributed by atoms with E-state index in [1.807, 2.05) is 0 Å². The number of non-ortho nitro benzene ring substituents is 1. The number of nitrogens with zero attached hydrogens (tertiary/aromatic N) is 7. The summed E-state index contributed by atoms with van der Waals surface area (Å²) in [5.74, 6) is 0.498. The van der Waals surface area contributed by atoms with Crippen LogP contribution in [0.25, 0.3) is 27.4 Å². The molecule has 312 valence electrons. The SMILES string of the molecule is [N-]=[N+]=NCCCOCCOOCCOOCCOOCCOCCOc1ccc(-n2[nH]c(-c3ccc([N+](=O)[O-])cc3)c(N=Nc3ccc(S(=O)(=O)O)cc3)c2=O)cc1. The number of hydrogen-bond acceptors (Lipinski definition) is 17. The van der Waals surface area contributed by atoms with E-state index in [1.54, 1.807) is 24.3 Å². The number of rotatable bonds is 29. The highest BCUT2D eigenvalue weighted by molar-refractivity contribution is 7.85. The van der Waals surface area contributed by atoms with Crippen LogP contribution in [0.4, 0.5) is 17.1 Å². The molecule has 3 aromatic carbocycles. The van der Waals surface area contributed by atoms with E-state index in [-0.39, 0.29) is 87.1 Å². The Kier molecular flexibility index (Phi) is 19.3. The first-order chi connectivity index (χ1) is 28.2. The first kappa shape index (κ1) is 45.1. The van der Waals surface area contributed by atoms with Gasteiger partial charge in [0, 0.05) is 35.8 Å². The number of benzene rings is 3. The second-order valence-electron chi connectivity index (χ2n) is 11.3. The third-order valence-corrected chi connectivity index (χ3v) is 8.07. The summed E-state index contributed by atoms with van der Waals surface area (Å²) in [7, 11) is -4.42. The molecule has 0 saturated heterocycles. The number of nitrogens with one attached hydrogen (secondary N) is 1. The minimum absolute atomic E-state index is 0.113.